The quantitative estimate of drug-likeness (QED) is 0.689. The van der Waals surface area contributed by atoms with Gasteiger partial charge in [0.2, 0.25) is 5.91 Å². The molecule has 0 saturated heterocycles. The first-order chi connectivity index (χ1) is 5.88. The number of nitrogen functional groups attached to an aromatic ring is 1. The van der Waals surface area contributed by atoms with Crippen LogP contribution in [0.1, 0.15) is 25.1 Å². The van der Waals surface area contributed by atoms with Crippen molar-refractivity contribution in [3.05, 3.63) is 12.3 Å². The Balaban J connectivity index is 2.70. The second kappa shape index (κ2) is 3.18. The summed E-state index contributed by atoms with van der Waals surface area (Å²) in [5.41, 5.74) is 4.32. The molecule has 1 aromatic rings. The molecule has 0 atom stereocenters. The van der Waals surface area contributed by atoms with Crippen LogP contribution in [-0.4, -0.2) is 26.4 Å². The molecule has 0 aromatic carbocycles. The Kier molecular flexibility index (Phi) is 2.38. The SMILES string of the molecule is CC(C)(O)CC(=O)n1ccc(N)n1. The molecule has 5 heteroatoms. The zero-order valence-corrected chi connectivity index (χ0v) is 7.69. The maximum Gasteiger partial charge on any atom is 0.249 e. The molecule has 1 rings (SSSR count). The van der Waals surface area contributed by atoms with Gasteiger partial charge < -0.3 is 10.8 Å². The van der Waals surface area contributed by atoms with Gasteiger partial charge in [-0.2, -0.15) is 0 Å². The van der Waals surface area contributed by atoms with E-state index < -0.39 is 5.60 Å². The van der Waals surface area contributed by atoms with Crippen molar-refractivity contribution in [2.24, 2.45) is 0 Å². The molecule has 0 aliphatic heterocycles. The van der Waals surface area contributed by atoms with Crippen LogP contribution in [0.3, 0.4) is 0 Å². The van der Waals surface area contributed by atoms with Crippen LogP contribution in [0.25, 0.3) is 0 Å². The lowest BCUT2D eigenvalue weighted by molar-refractivity contribution is 0.0518. The second-order valence-corrected chi connectivity index (χ2v) is 3.57. The maximum absolute atomic E-state index is 11.4. The highest BCUT2D eigenvalue weighted by atomic mass is 16.3. The van der Waals surface area contributed by atoms with Crippen LogP contribution in [0.4, 0.5) is 5.82 Å². The predicted molar refractivity (Wildman–Crippen MR) is 48.2 cm³/mol. The number of nitrogens with zero attached hydrogens (tertiary/aromatic N) is 2. The molecule has 1 heterocycles. The van der Waals surface area contributed by atoms with Gasteiger partial charge in [-0.15, -0.1) is 5.10 Å². The molecule has 0 aliphatic rings. The molecule has 0 amide bonds. The predicted octanol–water partition coefficient (Wildman–Crippen LogP) is 0.267. The summed E-state index contributed by atoms with van der Waals surface area (Å²) in [5.74, 6) is 0.0216. The van der Waals surface area contributed by atoms with Crippen molar-refractivity contribution in [2.45, 2.75) is 25.9 Å². The standard InChI is InChI=1S/C8H13N3O2/c1-8(2,13)5-7(12)11-4-3-6(9)10-11/h3-4,13H,5H2,1-2H3,(H2,9,10). The lowest BCUT2D eigenvalue weighted by Gasteiger charge is -2.14. The number of carbonyl (C=O) groups excluding carboxylic acids is 1. The van der Waals surface area contributed by atoms with E-state index in [1.165, 1.54) is 12.3 Å². The number of aromatic nitrogens is 2. The van der Waals surface area contributed by atoms with E-state index in [0.29, 0.717) is 5.82 Å². The van der Waals surface area contributed by atoms with Crippen LogP contribution < -0.4 is 5.73 Å². The molecular weight excluding hydrogens is 170 g/mol. The number of rotatable bonds is 2. The summed E-state index contributed by atoms with van der Waals surface area (Å²) < 4.78 is 1.13. The van der Waals surface area contributed by atoms with E-state index in [-0.39, 0.29) is 12.3 Å². The van der Waals surface area contributed by atoms with E-state index in [1.807, 2.05) is 0 Å². The van der Waals surface area contributed by atoms with Gasteiger partial charge in [-0.05, 0) is 13.8 Å². The fraction of sp³-hybridized carbons (Fsp3) is 0.500. The van der Waals surface area contributed by atoms with E-state index in [9.17, 15) is 9.90 Å². The van der Waals surface area contributed by atoms with E-state index in [4.69, 9.17) is 5.73 Å². The fourth-order valence-corrected chi connectivity index (χ4v) is 0.928. The van der Waals surface area contributed by atoms with E-state index >= 15 is 0 Å². The molecule has 72 valence electrons. The molecule has 13 heavy (non-hydrogen) atoms. The summed E-state index contributed by atoms with van der Waals surface area (Å²) >= 11 is 0. The number of carbonyl (C=O) groups is 1. The van der Waals surface area contributed by atoms with Crippen LogP contribution in [0.5, 0.6) is 0 Å². The zero-order chi connectivity index (χ0) is 10.1. The summed E-state index contributed by atoms with van der Waals surface area (Å²) in [6.45, 7) is 3.13. The largest absolute Gasteiger partial charge is 0.390 e. The fourth-order valence-electron chi connectivity index (χ4n) is 0.928. The molecule has 0 fully saturated rings. The van der Waals surface area contributed by atoms with Crippen molar-refractivity contribution in [1.82, 2.24) is 9.78 Å². The average molecular weight is 183 g/mol. The van der Waals surface area contributed by atoms with Crippen LogP contribution in [-0.2, 0) is 0 Å². The highest BCUT2D eigenvalue weighted by molar-refractivity contribution is 5.79. The van der Waals surface area contributed by atoms with Crippen molar-refractivity contribution in [2.75, 3.05) is 5.73 Å². The van der Waals surface area contributed by atoms with Crippen LogP contribution >= 0.6 is 0 Å². The van der Waals surface area contributed by atoms with Gasteiger partial charge in [-0.1, -0.05) is 0 Å². The number of anilines is 1. The first-order valence-corrected chi connectivity index (χ1v) is 3.95. The summed E-state index contributed by atoms with van der Waals surface area (Å²) in [7, 11) is 0. The van der Waals surface area contributed by atoms with Gasteiger partial charge in [0.15, 0.2) is 0 Å². The zero-order valence-electron chi connectivity index (χ0n) is 7.69. The summed E-state index contributed by atoms with van der Waals surface area (Å²) in [6.07, 6.45) is 1.50. The monoisotopic (exact) mass is 183 g/mol. The number of aliphatic hydroxyl groups is 1. The highest BCUT2D eigenvalue weighted by Gasteiger charge is 2.19. The highest BCUT2D eigenvalue weighted by Crippen LogP contribution is 2.09. The van der Waals surface area contributed by atoms with Gasteiger partial charge in [0, 0.05) is 12.3 Å². The summed E-state index contributed by atoms with van der Waals surface area (Å²) in [6, 6.07) is 1.53. The first kappa shape index (κ1) is 9.73. The van der Waals surface area contributed by atoms with Crippen molar-refractivity contribution in [3.63, 3.8) is 0 Å². The lowest BCUT2D eigenvalue weighted by Crippen LogP contribution is -2.26. The van der Waals surface area contributed by atoms with E-state index in [0.717, 1.165) is 4.68 Å². The van der Waals surface area contributed by atoms with Gasteiger partial charge in [0.05, 0.1) is 12.0 Å². The summed E-state index contributed by atoms with van der Waals surface area (Å²) in [5, 5.41) is 13.1. The third kappa shape index (κ3) is 2.87. The molecule has 0 saturated carbocycles. The van der Waals surface area contributed by atoms with E-state index in [1.54, 1.807) is 13.8 Å². The summed E-state index contributed by atoms with van der Waals surface area (Å²) in [4.78, 5) is 11.4. The molecule has 0 aliphatic carbocycles. The Morgan fingerprint density at radius 2 is 2.38 bits per heavy atom. The molecule has 0 spiro atoms. The molecule has 3 N–H and O–H groups in total. The normalized spacial score (nSPS) is 11.6. The third-order valence-electron chi connectivity index (χ3n) is 1.45. The number of hydrogen-bond acceptors (Lipinski definition) is 4. The number of hydrogen-bond donors (Lipinski definition) is 2. The molecule has 0 radical (unpaired) electrons. The smallest absolute Gasteiger partial charge is 0.249 e. The molecule has 5 nitrogen and oxygen atoms in total. The Hall–Kier alpha value is -1.36. The van der Waals surface area contributed by atoms with E-state index in [2.05, 4.69) is 5.10 Å². The minimum absolute atomic E-state index is 0.0219. The lowest BCUT2D eigenvalue weighted by atomic mass is 10.1. The Bertz CT molecular complexity index is 311. The van der Waals surface area contributed by atoms with Crippen molar-refractivity contribution in [3.8, 4) is 0 Å². The van der Waals surface area contributed by atoms with Crippen molar-refractivity contribution in [1.29, 1.82) is 0 Å². The van der Waals surface area contributed by atoms with Gasteiger partial charge >= 0.3 is 0 Å². The van der Waals surface area contributed by atoms with Gasteiger partial charge in [0.25, 0.3) is 0 Å². The van der Waals surface area contributed by atoms with Crippen LogP contribution in [0.15, 0.2) is 12.3 Å². The molecule has 0 unspecified atom stereocenters. The van der Waals surface area contributed by atoms with Crippen molar-refractivity contribution < 1.29 is 9.90 Å². The second-order valence-electron chi connectivity index (χ2n) is 3.57. The maximum atomic E-state index is 11.4. The van der Waals surface area contributed by atoms with Gasteiger partial charge in [-0.25, -0.2) is 4.68 Å². The van der Waals surface area contributed by atoms with Crippen LogP contribution in [0, 0.1) is 0 Å². The minimum Gasteiger partial charge on any atom is -0.390 e. The molecular formula is C8H13N3O2. The molecule has 1 aromatic heterocycles. The van der Waals surface area contributed by atoms with Crippen molar-refractivity contribution >= 4 is 11.7 Å². The first-order valence-electron chi connectivity index (χ1n) is 3.95. The molecule has 0 bridgehead atoms. The minimum atomic E-state index is -1.02. The number of nitrogens with two attached hydrogens (primary N) is 1. The average Bonchev–Trinajstić information content (AvgIpc) is 2.31. The Labute approximate surface area is 76.2 Å². The Morgan fingerprint density at radius 1 is 1.77 bits per heavy atom. The van der Waals surface area contributed by atoms with Crippen LogP contribution in [0.2, 0.25) is 0 Å². The van der Waals surface area contributed by atoms with Gasteiger partial charge in [-0.3, -0.25) is 4.79 Å². The topological polar surface area (TPSA) is 81.1 Å². The Morgan fingerprint density at radius 3 is 2.77 bits per heavy atom. The third-order valence-corrected chi connectivity index (χ3v) is 1.45. The van der Waals surface area contributed by atoms with Gasteiger partial charge in [0.1, 0.15) is 5.82 Å².